The highest BCUT2D eigenvalue weighted by Crippen LogP contribution is 2.30. The van der Waals surface area contributed by atoms with Crippen LogP contribution in [0.4, 0.5) is 0 Å². The molecular formula is C24H20ClN3O2S. The van der Waals surface area contributed by atoms with Crippen LogP contribution in [0, 0.1) is 6.92 Å². The van der Waals surface area contributed by atoms with E-state index in [4.69, 9.17) is 16.3 Å². The largest absolute Gasteiger partial charge is 0.497 e. The van der Waals surface area contributed by atoms with Crippen LogP contribution in [-0.2, 0) is 0 Å². The van der Waals surface area contributed by atoms with Gasteiger partial charge in [-0.15, -0.1) is 10.2 Å². The summed E-state index contributed by atoms with van der Waals surface area (Å²) in [6.45, 7) is 2.04. The number of Topliss-reactive ketones (excluding diaryl/α,β-unsaturated/α-hetero) is 1. The molecule has 0 N–H and O–H groups in total. The summed E-state index contributed by atoms with van der Waals surface area (Å²) < 4.78 is 7.32. The average molecular weight is 450 g/mol. The lowest BCUT2D eigenvalue weighted by Crippen LogP contribution is -2.05. The second-order valence-electron chi connectivity index (χ2n) is 6.90. The van der Waals surface area contributed by atoms with E-state index in [0.717, 1.165) is 22.6 Å². The van der Waals surface area contributed by atoms with Crippen LogP contribution >= 0.6 is 23.4 Å². The third kappa shape index (κ3) is 4.65. The number of benzene rings is 3. The van der Waals surface area contributed by atoms with Gasteiger partial charge in [0, 0.05) is 16.8 Å². The summed E-state index contributed by atoms with van der Waals surface area (Å²) in [6, 6.07) is 22.8. The normalized spacial score (nSPS) is 10.8. The third-order valence-corrected chi connectivity index (χ3v) is 6.02. The highest BCUT2D eigenvalue weighted by Gasteiger charge is 2.19. The summed E-state index contributed by atoms with van der Waals surface area (Å²) in [5.41, 5.74) is 3.45. The van der Waals surface area contributed by atoms with Gasteiger partial charge in [-0.1, -0.05) is 65.3 Å². The lowest BCUT2D eigenvalue weighted by atomic mass is 10.1. The predicted octanol–water partition coefficient (Wildman–Crippen LogP) is 5.88. The molecule has 4 rings (SSSR count). The lowest BCUT2D eigenvalue weighted by Gasteiger charge is -2.11. The van der Waals surface area contributed by atoms with Gasteiger partial charge in [0.25, 0.3) is 0 Å². The minimum absolute atomic E-state index is 0.0583. The van der Waals surface area contributed by atoms with Crippen molar-refractivity contribution in [1.82, 2.24) is 14.8 Å². The van der Waals surface area contributed by atoms with Crippen LogP contribution in [0.2, 0.25) is 5.02 Å². The molecule has 0 saturated heterocycles. The number of hydrogen-bond donors (Lipinski definition) is 0. The number of carbonyl (C=O) groups is 1. The van der Waals surface area contributed by atoms with Crippen LogP contribution in [0.3, 0.4) is 0 Å². The minimum atomic E-state index is -0.0583. The Balaban J connectivity index is 1.70. The number of thioether (sulfide) groups is 1. The van der Waals surface area contributed by atoms with Gasteiger partial charge >= 0.3 is 0 Å². The molecule has 0 fully saturated rings. The highest BCUT2D eigenvalue weighted by molar-refractivity contribution is 7.99. The van der Waals surface area contributed by atoms with Crippen molar-refractivity contribution in [2.75, 3.05) is 12.9 Å². The standard InChI is InChI=1S/C24H20ClN3O2S/c1-16-10-12-18(13-11-16)28-23(17-6-5-7-19(14-17)30-2)26-27-24(28)31-15-22(29)20-8-3-4-9-21(20)25/h3-14H,15H2,1-2H3. The molecule has 31 heavy (non-hydrogen) atoms. The van der Waals surface area contributed by atoms with Crippen molar-refractivity contribution < 1.29 is 9.53 Å². The molecule has 0 aliphatic rings. The Bertz CT molecular complexity index is 1220. The maximum absolute atomic E-state index is 12.7. The Morgan fingerprint density at radius 2 is 1.81 bits per heavy atom. The molecular weight excluding hydrogens is 430 g/mol. The van der Waals surface area contributed by atoms with E-state index in [-0.39, 0.29) is 11.5 Å². The van der Waals surface area contributed by atoms with Gasteiger partial charge in [-0.05, 0) is 43.3 Å². The Kier molecular flexibility index (Phi) is 6.39. The Morgan fingerprint density at radius 1 is 1.03 bits per heavy atom. The van der Waals surface area contributed by atoms with Gasteiger partial charge in [-0.2, -0.15) is 0 Å². The minimum Gasteiger partial charge on any atom is -0.497 e. The molecule has 1 heterocycles. The summed E-state index contributed by atoms with van der Waals surface area (Å²) in [5, 5.41) is 9.89. The number of hydrogen-bond acceptors (Lipinski definition) is 5. The van der Waals surface area contributed by atoms with E-state index in [0.29, 0.717) is 21.6 Å². The molecule has 0 saturated carbocycles. The molecule has 0 radical (unpaired) electrons. The van der Waals surface area contributed by atoms with Crippen LogP contribution in [0.15, 0.2) is 78.0 Å². The average Bonchev–Trinajstić information content (AvgIpc) is 3.22. The number of halogens is 1. The number of aromatic nitrogens is 3. The summed E-state index contributed by atoms with van der Waals surface area (Å²) in [4.78, 5) is 12.7. The van der Waals surface area contributed by atoms with E-state index in [1.807, 2.05) is 60.0 Å². The second kappa shape index (κ2) is 9.37. The first-order valence-corrected chi connectivity index (χ1v) is 11.0. The zero-order valence-electron chi connectivity index (χ0n) is 17.1. The van der Waals surface area contributed by atoms with Crippen molar-refractivity contribution in [2.24, 2.45) is 0 Å². The van der Waals surface area contributed by atoms with Crippen LogP contribution < -0.4 is 4.74 Å². The molecule has 0 bridgehead atoms. The first kappa shape index (κ1) is 21.2. The van der Waals surface area contributed by atoms with E-state index in [1.54, 1.807) is 31.4 Å². The first-order chi connectivity index (χ1) is 15.1. The Labute approximate surface area is 190 Å². The zero-order chi connectivity index (χ0) is 21.8. The van der Waals surface area contributed by atoms with Gasteiger partial charge in [0.15, 0.2) is 16.8 Å². The van der Waals surface area contributed by atoms with Gasteiger partial charge < -0.3 is 4.74 Å². The number of aryl methyl sites for hydroxylation is 1. The zero-order valence-corrected chi connectivity index (χ0v) is 18.7. The smallest absolute Gasteiger partial charge is 0.196 e. The van der Waals surface area contributed by atoms with Crippen LogP contribution in [0.5, 0.6) is 5.75 Å². The Hall–Kier alpha value is -3.09. The molecule has 5 nitrogen and oxygen atoms in total. The van der Waals surface area contributed by atoms with Crippen molar-refractivity contribution in [3.63, 3.8) is 0 Å². The van der Waals surface area contributed by atoms with Gasteiger partial charge in [0.2, 0.25) is 0 Å². The lowest BCUT2D eigenvalue weighted by molar-refractivity contribution is 0.102. The van der Waals surface area contributed by atoms with Crippen molar-refractivity contribution in [1.29, 1.82) is 0 Å². The molecule has 0 amide bonds. The van der Waals surface area contributed by atoms with E-state index in [9.17, 15) is 4.79 Å². The van der Waals surface area contributed by atoms with E-state index in [2.05, 4.69) is 10.2 Å². The first-order valence-electron chi connectivity index (χ1n) is 9.64. The van der Waals surface area contributed by atoms with Crippen LogP contribution in [0.1, 0.15) is 15.9 Å². The molecule has 3 aromatic carbocycles. The van der Waals surface area contributed by atoms with Crippen LogP contribution in [-0.4, -0.2) is 33.4 Å². The summed E-state index contributed by atoms with van der Waals surface area (Å²) in [7, 11) is 1.63. The van der Waals surface area contributed by atoms with Crippen molar-refractivity contribution in [3.8, 4) is 22.8 Å². The van der Waals surface area contributed by atoms with Gasteiger partial charge in [-0.25, -0.2) is 0 Å². The fraction of sp³-hybridized carbons (Fsp3) is 0.125. The molecule has 0 aliphatic carbocycles. The molecule has 7 heteroatoms. The quantitative estimate of drug-likeness (QED) is 0.260. The van der Waals surface area contributed by atoms with E-state index in [1.165, 1.54) is 11.8 Å². The number of ketones is 1. The predicted molar refractivity (Wildman–Crippen MR) is 125 cm³/mol. The maximum Gasteiger partial charge on any atom is 0.196 e. The SMILES string of the molecule is COc1cccc(-c2nnc(SCC(=O)c3ccccc3Cl)n2-c2ccc(C)cc2)c1. The highest BCUT2D eigenvalue weighted by atomic mass is 35.5. The van der Waals surface area contributed by atoms with Crippen molar-refractivity contribution in [3.05, 3.63) is 88.9 Å². The maximum atomic E-state index is 12.7. The molecule has 0 unspecified atom stereocenters. The summed E-state index contributed by atoms with van der Waals surface area (Å²) in [5.74, 6) is 1.55. The topological polar surface area (TPSA) is 57.0 Å². The fourth-order valence-electron chi connectivity index (χ4n) is 3.13. The number of methoxy groups -OCH3 is 1. The monoisotopic (exact) mass is 449 g/mol. The molecule has 1 aromatic heterocycles. The number of carbonyl (C=O) groups excluding carboxylic acids is 1. The summed E-state index contributed by atoms with van der Waals surface area (Å²) in [6.07, 6.45) is 0. The van der Waals surface area contributed by atoms with Gasteiger partial charge in [0.1, 0.15) is 5.75 Å². The van der Waals surface area contributed by atoms with E-state index < -0.39 is 0 Å². The van der Waals surface area contributed by atoms with Crippen molar-refractivity contribution in [2.45, 2.75) is 12.1 Å². The summed E-state index contributed by atoms with van der Waals surface area (Å²) >= 11 is 7.51. The third-order valence-electron chi connectivity index (χ3n) is 4.76. The van der Waals surface area contributed by atoms with Gasteiger partial charge in [0.05, 0.1) is 17.9 Å². The van der Waals surface area contributed by atoms with Gasteiger partial charge in [-0.3, -0.25) is 9.36 Å². The molecule has 0 atom stereocenters. The number of rotatable bonds is 7. The second-order valence-corrected chi connectivity index (χ2v) is 8.25. The number of nitrogens with zero attached hydrogens (tertiary/aromatic N) is 3. The Morgan fingerprint density at radius 3 is 2.55 bits per heavy atom. The molecule has 0 aliphatic heterocycles. The van der Waals surface area contributed by atoms with Crippen molar-refractivity contribution >= 4 is 29.1 Å². The molecule has 156 valence electrons. The van der Waals surface area contributed by atoms with Crippen LogP contribution in [0.25, 0.3) is 17.1 Å². The molecule has 4 aromatic rings. The van der Waals surface area contributed by atoms with E-state index >= 15 is 0 Å². The number of ether oxygens (including phenoxy) is 1. The molecule has 0 spiro atoms. The fourth-order valence-corrected chi connectivity index (χ4v) is 4.21.